The Kier molecular flexibility index (Phi) is 8.68. The van der Waals surface area contributed by atoms with Crippen molar-refractivity contribution in [3.63, 3.8) is 0 Å². The van der Waals surface area contributed by atoms with E-state index < -0.39 is 0 Å². The van der Waals surface area contributed by atoms with Gasteiger partial charge in [0, 0.05) is 16.5 Å². The first-order chi connectivity index (χ1) is 24.2. The van der Waals surface area contributed by atoms with Crippen molar-refractivity contribution in [2.75, 3.05) is 0 Å². The van der Waals surface area contributed by atoms with Crippen molar-refractivity contribution in [3.8, 4) is 45.0 Å². The predicted octanol–water partition coefficient (Wildman–Crippen LogP) is 12.2. The molecule has 0 amide bonds. The van der Waals surface area contributed by atoms with E-state index in [-0.39, 0.29) is 11.3 Å². The molecule has 0 spiro atoms. The fourth-order valence-electron chi connectivity index (χ4n) is 8.58. The highest BCUT2D eigenvalue weighted by molar-refractivity contribution is 5.90. The van der Waals surface area contributed by atoms with Crippen molar-refractivity contribution in [3.05, 3.63) is 149 Å². The lowest BCUT2D eigenvalue weighted by atomic mass is 9.70. The molecule has 8 rings (SSSR count). The minimum absolute atomic E-state index is 0.0205. The van der Waals surface area contributed by atoms with Crippen LogP contribution in [0.3, 0.4) is 0 Å². The molecule has 2 atom stereocenters. The molecule has 0 bridgehead atoms. The fourth-order valence-corrected chi connectivity index (χ4v) is 8.58. The van der Waals surface area contributed by atoms with Crippen molar-refractivity contribution < 1.29 is 0 Å². The van der Waals surface area contributed by atoms with Gasteiger partial charge in [0.05, 0.1) is 5.92 Å². The maximum atomic E-state index is 5.29. The average Bonchev–Trinajstić information content (AvgIpc) is 3.63. The third-order valence-electron chi connectivity index (χ3n) is 11.0. The van der Waals surface area contributed by atoms with Gasteiger partial charge < -0.3 is 0 Å². The molecule has 2 aliphatic rings. The molecule has 0 aliphatic heterocycles. The van der Waals surface area contributed by atoms with E-state index in [4.69, 9.17) is 15.0 Å². The first-order valence-electron chi connectivity index (χ1n) is 18.5. The van der Waals surface area contributed by atoms with Crippen LogP contribution in [-0.4, -0.2) is 15.0 Å². The second-order valence-electron chi connectivity index (χ2n) is 14.0. The van der Waals surface area contributed by atoms with Crippen LogP contribution in [0.1, 0.15) is 106 Å². The molecule has 5 aromatic carbocycles. The highest BCUT2D eigenvalue weighted by atomic mass is 15.0. The summed E-state index contributed by atoms with van der Waals surface area (Å²) in [6.45, 7) is 4.63. The van der Waals surface area contributed by atoms with Gasteiger partial charge in [0.1, 0.15) is 5.82 Å². The summed E-state index contributed by atoms with van der Waals surface area (Å²) in [6.07, 6.45) is 11.2. The lowest BCUT2D eigenvalue weighted by Gasteiger charge is -2.33. The van der Waals surface area contributed by atoms with E-state index in [0.717, 1.165) is 17.0 Å². The smallest absolute Gasteiger partial charge is 0.163 e. The molecule has 0 radical (unpaired) electrons. The van der Waals surface area contributed by atoms with Crippen LogP contribution in [0.4, 0.5) is 0 Å². The van der Waals surface area contributed by atoms with Crippen molar-refractivity contribution in [1.82, 2.24) is 15.0 Å². The van der Waals surface area contributed by atoms with E-state index >= 15 is 0 Å². The molecule has 49 heavy (non-hydrogen) atoms. The molecule has 3 nitrogen and oxygen atoms in total. The highest BCUT2D eigenvalue weighted by Gasteiger charge is 2.44. The third-order valence-corrected chi connectivity index (χ3v) is 11.0. The van der Waals surface area contributed by atoms with E-state index in [0.29, 0.717) is 11.6 Å². The molecule has 0 N–H and O–H groups in total. The van der Waals surface area contributed by atoms with Gasteiger partial charge in [-0.2, -0.15) is 0 Å². The standard InChI is InChI=1S/C46H45N3/c1-3-5-7-19-29-46(28-18-6-4-2)40-27-17-16-25-35(40)38-30-37-34-24-14-15-26-36(34)42(39(37)31-41(38)46)45-48-43(32-20-10-8-11-21-32)47-44(49-45)33-22-12-9-13-23-33/h8-17,20-27,30-31,42H,3-7,18-19,28-29H2,1-2H3. The summed E-state index contributed by atoms with van der Waals surface area (Å²) in [5.74, 6) is 2.16. The number of rotatable bonds is 12. The molecule has 0 fully saturated rings. The molecule has 2 aliphatic carbocycles. The number of unbranched alkanes of at least 4 members (excludes halogenated alkanes) is 5. The molecule has 1 heterocycles. The van der Waals surface area contributed by atoms with Gasteiger partial charge in [-0.15, -0.1) is 0 Å². The van der Waals surface area contributed by atoms with Crippen LogP contribution in [-0.2, 0) is 5.41 Å². The zero-order valence-corrected chi connectivity index (χ0v) is 28.8. The highest BCUT2D eigenvalue weighted by Crippen LogP contribution is 2.58. The zero-order chi connectivity index (χ0) is 33.2. The quantitative estimate of drug-likeness (QED) is 0.125. The Labute approximate surface area is 291 Å². The van der Waals surface area contributed by atoms with Gasteiger partial charge in [-0.3, -0.25) is 0 Å². The van der Waals surface area contributed by atoms with E-state index in [1.54, 1.807) is 0 Å². The lowest BCUT2D eigenvalue weighted by Crippen LogP contribution is -2.26. The molecule has 1 aromatic heterocycles. The van der Waals surface area contributed by atoms with Crippen LogP contribution < -0.4 is 0 Å². The summed E-state index contributed by atoms with van der Waals surface area (Å²) in [7, 11) is 0. The molecule has 0 saturated heterocycles. The molecule has 0 saturated carbocycles. The Morgan fingerprint density at radius 2 is 1.04 bits per heavy atom. The summed E-state index contributed by atoms with van der Waals surface area (Å²) in [5.41, 5.74) is 13.1. The Morgan fingerprint density at radius 1 is 0.469 bits per heavy atom. The van der Waals surface area contributed by atoms with Crippen molar-refractivity contribution >= 4 is 0 Å². The van der Waals surface area contributed by atoms with Gasteiger partial charge in [-0.05, 0) is 63.4 Å². The Balaban J connectivity index is 1.34. The Bertz CT molecular complexity index is 2030. The van der Waals surface area contributed by atoms with Crippen molar-refractivity contribution in [2.45, 2.75) is 83.0 Å². The minimum atomic E-state index is -0.0819. The molecule has 244 valence electrons. The van der Waals surface area contributed by atoms with Crippen molar-refractivity contribution in [1.29, 1.82) is 0 Å². The Morgan fingerprint density at radius 3 is 1.71 bits per heavy atom. The minimum Gasteiger partial charge on any atom is -0.212 e. The largest absolute Gasteiger partial charge is 0.212 e. The van der Waals surface area contributed by atoms with Crippen LogP contribution in [0.5, 0.6) is 0 Å². The lowest BCUT2D eigenvalue weighted by molar-refractivity contribution is 0.403. The fraction of sp³-hybridized carbons (Fsp3) is 0.283. The van der Waals surface area contributed by atoms with Crippen LogP contribution in [0, 0.1) is 0 Å². The monoisotopic (exact) mass is 639 g/mol. The summed E-state index contributed by atoms with van der Waals surface area (Å²) >= 11 is 0. The summed E-state index contributed by atoms with van der Waals surface area (Å²) in [6, 6.07) is 44.0. The number of hydrogen-bond acceptors (Lipinski definition) is 3. The SMILES string of the molecule is CCCCCCC1(CCCCC)c2ccccc2-c2cc3c(cc21)C(c1nc(-c2ccccc2)nc(-c2ccccc2)n1)c1ccccc1-3. The van der Waals surface area contributed by atoms with E-state index in [1.807, 2.05) is 12.1 Å². The van der Waals surface area contributed by atoms with E-state index in [1.165, 1.54) is 102 Å². The zero-order valence-electron chi connectivity index (χ0n) is 28.8. The van der Waals surface area contributed by atoms with Gasteiger partial charge in [0.25, 0.3) is 0 Å². The van der Waals surface area contributed by atoms with Gasteiger partial charge in [-0.1, -0.05) is 174 Å². The number of benzene rings is 5. The summed E-state index contributed by atoms with van der Waals surface area (Å²) in [5, 5.41) is 0. The first kappa shape index (κ1) is 31.4. The second-order valence-corrected chi connectivity index (χ2v) is 14.0. The Hall–Kier alpha value is -4.89. The van der Waals surface area contributed by atoms with Crippen molar-refractivity contribution in [2.24, 2.45) is 0 Å². The molecule has 2 unspecified atom stereocenters. The van der Waals surface area contributed by atoms with E-state index in [9.17, 15) is 0 Å². The molecular weight excluding hydrogens is 595 g/mol. The number of hydrogen-bond donors (Lipinski definition) is 0. The summed E-state index contributed by atoms with van der Waals surface area (Å²) < 4.78 is 0. The van der Waals surface area contributed by atoms with E-state index in [2.05, 4.69) is 123 Å². The maximum absolute atomic E-state index is 5.29. The number of aromatic nitrogens is 3. The second kappa shape index (κ2) is 13.6. The summed E-state index contributed by atoms with van der Waals surface area (Å²) in [4.78, 5) is 15.6. The van der Waals surface area contributed by atoms with Crippen LogP contribution in [0.15, 0.2) is 121 Å². The maximum Gasteiger partial charge on any atom is 0.163 e. The molecule has 6 aromatic rings. The topological polar surface area (TPSA) is 38.7 Å². The van der Waals surface area contributed by atoms with Gasteiger partial charge in [0.15, 0.2) is 11.6 Å². The first-order valence-corrected chi connectivity index (χ1v) is 18.5. The molecule has 3 heteroatoms. The number of fused-ring (bicyclic) bond motifs is 6. The predicted molar refractivity (Wildman–Crippen MR) is 203 cm³/mol. The van der Waals surface area contributed by atoms with Crippen LogP contribution in [0.25, 0.3) is 45.0 Å². The number of nitrogens with zero attached hydrogens (tertiary/aromatic N) is 3. The van der Waals surface area contributed by atoms with Gasteiger partial charge >= 0.3 is 0 Å². The third kappa shape index (κ3) is 5.60. The van der Waals surface area contributed by atoms with Crippen LogP contribution >= 0.6 is 0 Å². The van der Waals surface area contributed by atoms with Crippen LogP contribution in [0.2, 0.25) is 0 Å². The average molecular weight is 640 g/mol. The normalized spacial score (nSPS) is 17.0. The van der Waals surface area contributed by atoms with Gasteiger partial charge in [-0.25, -0.2) is 15.0 Å². The van der Waals surface area contributed by atoms with Gasteiger partial charge in [0.2, 0.25) is 0 Å². The molecular formula is C46H45N3.